The number of nitrogens with zero attached hydrogens (tertiary/aromatic N) is 3. The van der Waals surface area contributed by atoms with E-state index in [0.29, 0.717) is 5.56 Å². The van der Waals surface area contributed by atoms with Crippen LogP contribution in [-0.4, -0.2) is 26.2 Å². The molecule has 2 aromatic carbocycles. The van der Waals surface area contributed by atoms with E-state index in [4.69, 9.17) is 5.11 Å². The van der Waals surface area contributed by atoms with E-state index in [1.165, 1.54) is 30.3 Å². The van der Waals surface area contributed by atoms with Crippen LogP contribution < -0.4 is 5.56 Å². The Bertz CT molecular complexity index is 1080. The van der Waals surface area contributed by atoms with E-state index in [2.05, 4.69) is 20.4 Å². The first-order valence-electron chi connectivity index (χ1n) is 7.27. The molecular formula is C16H11N5O5. The van der Waals surface area contributed by atoms with Crippen LogP contribution in [0.25, 0.3) is 11.3 Å². The van der Waals surface area contributed by atoms with Gasteiger partial charge in [-0.2, -0.15) is 0 Å². The van der Waals surface area contributed by atoms with Crippen LogP contribution in [0.3, 0.4) is 0 Å². The second-order valence-corrected chi connectivity index (χ2v) is 5.13. The second-order valence-electron chi connectivity index (χ2n) is 5.13. The second kappa shape index (κ2) is 6.81. The van der Waals surface area contributed by atoms with Crippen molar-refractivity contribution in [1.29, 1.82) is 0 Å². The lowest BCUT2D eigenvalue weighted by atomic mass is 10.1. The summed E-state index contributed by atoms with van der Waals surface area (Å²) in [6.07, 6.45) is 0. The number of nitro benzene ring substituents is 1. The Balaban J connectivity index is 2.05. The number of aromatic amines is 2. The topological polar surface area (TPSA) is 154 Å². The summed E-state index contributed by atoms with van der Waals surface area (Å²) < 4.78 is 0. The molecule has 0 unspecified atom stereocenters. The minimum atomic E-state index is -1.18. The third kappa shape index (κ3) is 3.24. The number of hydrogen-bond donors (Lipinski definition) is 3. The van der Waals surface area contributed by atoms with Gasteiger partial charge in [-0.1, -0.05) is 24.3 Å². The summed E-state index contributed by atoms with van der Waals surface area (Å²) in [5, 5.41) is 32.7. The Hall–Kier alpha value is -4.08. The minimum Gasteiger partial charge on any atom is -0.478 e. The van der Waals surface area contributed by atoms with E-state index in [1.54, 1.807) is 18.2 Å². The van der Waals surface area contributed by atoms with Gasteiger partial charge in [0.1, 0.15) is 5.69 Å². The van der Waals surface area contributed by atoms with Gasteiger partial charge in [0.2, 0.25) is 0 Å². The van der Waals surface area contributed by atoms with Crippen molar-refractivity contribution in [2.24, 2.45) is 10.2 Å². The van der Waals surface area contributed by atoms with Crippen LogP contribution in [0.5, 0.6) is 0 Å². The molecule has 3 rings (SSSR count). The van der Waals surface area contributed by atoms with Crippen molar-refractivity contribution in [1.82, 2.24) is 10.2 Å². The molecular weight excluding hydrogens is 342 g/mol. The fourth-order valence-corrected chi connectivity index (χ4v) is 2.28. The monoisotopic (exact) mass is 353 g/mol. The lowest BCUT2D eigenvalue weighted by molar-refractivity contribution is -0.384. The highest BCUT2D eigenvalue weighted by atomic mass is 16.6. The maximum atomic E-state index is 12.0. The SMILES string of the molecule is O=C(O)c1ccccc1N=Nc1c(-c2cccc([N+](=O)[O-])c2)[nH][nH]c1=O. The third-order valence-electron chi connectivity index (χ3n) is 3.49. The molecule has 3 N–H and O–H groups in total. The van der Waals surface area contributed by atoms with Gasteiger partial charge < -0.3 is 5.11 Å². The highest BCUT2D eigenvalue weighted by Gasteiger charge is 2.15. The van der Waals surface area contributed by atoms with Gasteiger partial charge in [-0.05, 0) is 12.1 Å². The van der Waals surface area contributed by atoms with Gasteiger partial charge in [-0.25, -0.2) is 4.79 Å². The molecule has 0 spiro atoms. The number of azo groups is 1. The van der Waals surface area contributed by atoms with E-state index in [0.717, 1.165) is 0 Å². The van der Waals surface area contributed by atoms with Gasteiger partial charge in [-0.3, -0.25) is 25.1 Å². The molecule has 0 saturated heterocycles. The smallest absolute Gasteiger partial charge is 0.337 e. The molecule has 0 radical (unpaired) electrons. The standard InChI is InChI=1S/C16H11N5O5/c22-15-14(19-17-12-7-2-1-6-11(12)16(23)24)13(18-20-15)9-4-3-5-10(8-9)21(25)26/h1-8H,(H,23,24)(H2,18,20,22). The number of carboxylic acids is 1. The number of aromatic nitrogens is 2. The molecule has 26 heavy (non-hydrogen) atoms. The Kier molecular flexibility index (Phi) is 4.39. The molecule has 0 aliphatic rings. The molecule has 0 aliphatic heterocycles. The molecule has 0 bridgehead atoms. The largest absolute Gasteiger partial charge is 0.478 e. The first kappa shape index (κ1) is 16.8. The predicted molar refractivity (Wildman–Crippen MR) is 91.1 cm³/mol. The van der Waals surface area contributed by atoms with Crippen molar-refractivity contribution in [3.8, 4) is 11.3 Å². The average molecular weight is 353 g/mol. The average Bonchev–Trinajstić information content (AvgIpc) is 3.00. The van der Waals surface area contributed by atoms with Crippen molar-refractivity contribution >= 4 is 23.0 Å². The van der Waals surface area contributed by atoms with Gasteiger partial charge in [0.05, 0.1) is 16.2 Å². The number of H-pyrrole nitrogens is 2. The van der Waals surface area contributed by atoms with Crippen molar-refractivity contribution in [2.45, 2.75) is 0 Å². The number of carbonyl (C=O) groups is 1. The van der Waals surface area contributed by atoms with Crippen LogP contribution in [0.15, 0.2) is 63.6 Å². The zero-order valence-electron chi connectivity index (χ0n) is 13.0. The van der Waals surface area contributed by atoms with Gasteiger partial charge in [0.15, 0.2) is 5.69 Å². The third-order valence-corrected chi connectivity index (χ3v) is 3.49. The highest BCUT2D eigenvalue weighted by molar-refractivity contribution is 5.93. The van der Waals surface area contributed by atoms with Gasteiger partial charge in [0, 0.05) is 17.7 Å². The number of benzene rings is 2. The zero-order valence-corrected chi connectivity index (χ0v) is 13.0. The number of carboxylic acid groups (broad SMARTS) is 1. The lowest BCUT2D eigenvalue weighted by Gasteiger charge is -2.00. The molecule has 0 amide bonds. The summed E-state index contributed by atoms with van der Waals surface area (Å²) >= 11 is 0. The van der Waals surface area contributed by atoms with Gasteiger partial charge in [0.25, 0.3) is 11.2 Å². The summed E-state index contributed by atoms with van der Waals surface area (Å²) in [6.45, 7) is 0. The Morgan fingerprint density at radius 2 is 1.85 bits per heavy atom. The van der Waals surface area contributed by atoms with Gasteiger partial charge in [-0.15, -0.1) is 10.2 Å². The molecule has 1 aromatic heterocycles. The van der Waals surface area contributed by atoms with Crippen LogP contribution in [0, 0.1) is 10.1 Å². The van der Waals surface area contributed by atoms with Crippen LogP contribution in [0.4, 0.5) is 17.1 Å². The maximum absolute atomic E-state index is 12.0. The lowest BCUT2D eigenvalue weighted by Crippen LogP contribution is -1.97. The van der Waals surface area contributed by atoms with E-state index in [1.807, 2.05) is 0 Å². The predicted octanol–water partition coefficient (Wildman–Crippen LogP) is 3.39. The number of non-ortho nitro benzene ring substituents is 1. The number of nitrogens with one attached hydrogen (secondary N) is 2. The van der Waals surface area contributed by atoms with Crippen molar-refractivity contribution in [2.75, 3.05) is 0 Å². The fraction of sp³-hybridized carbons (Fsp3) is 0. The number of aromatic carboxylic acids is 1. The maximum Gasteiger partial charge on any atom is 0.337 e. The van der Waals surface area contributed by atoms with Crippen molar-refractivity contribution < 1.29 is 14.8 Å². The normalized spacial score (nSPS) is 10.9. The summed E-state index contributed by atoms with van der Waals surface area (Å²) in [7, 11) is 0. The molecule has 0 saturated carbocycles. The molecule has 10 nitrogen and oxygen atoms in total. The summed E-state index contributed by atoms with van der Waals surface area (Å²) in [5.74, 6) is -1.18. The Labute approximate surface area is 145 Å². The molecule has 130 valence electrons. The molecule has 10 heteroatoms. The molecule has 0 atom stereocenters. The van der Waals surface area contributed by atoms with E-state index >= 15 is 0 Å². The summed E-state index contributed by atoms with van der Waals surface area (Å²) in [6, 6.07) is 11.6. The Morgan fingerprint density at radius 3 is 2.58 bits per heavy atom. The first-order valence-corrected chi connectivity index (χ1v) is 7.27. The quantitative estimate of drug-likeness (QED) is 0.364. The number of nitro groups is 1. The van der Waals surface area contributed by atoms with Crippen molar-refractivity contribution in [3.05, 3.63) is 74.6 Å². The minimum absolute atomic E-state index is 0.0693. The zero-order chi connectivity index (χ0) is 18.7. The van der Waals surface area contributed by atoms with Crippen LogP contribution in [0.2, 0.25) is 0 Å². The van der Waals surface area contributed by atoms with Crippen molar-refractivity contribution in [3.63, 3.8) is 0 Å². The van der Waals surface area contributed by atoms with E-state index in [9.17, 15) is 19.7 Å². The summed E-state index contributed by atoms with van der Waals surface area (Å²) in [4.78, 5) is 33.5. The van der Waals surface area contributed by atoms with Crippen LogP contribution >= 0.6 is 0 Å². The first-order chi connectivity index (χ1) is 12.5. The van der Waals surface area contributed by atoms with E-state index in [-0.39, 0.29) is 28.3 Å². The fourth-order valence-electron chi connectivity index (χ4n) is 2.28. The van der Waals surface area contributed by atoms with Crippen LogP contribution in [-0.2, 0) is 0 Å². The van der Waals surface area contributed by atoms with Crippen LogP contribution in [0.1, 0.15) is 10.4 Å². The molecule has 0 fully saturated rings. The summed E-state index contributed by atoms with van der Waals surface area (Å²) in [5.41, 5.74) is -0.295. The van der Waals surface area contributed by atoms with E-state index < -0.39 is 16.5 Å². The molecule has 0 aliphatic carbocycles. The molecule has 1 heterocycles. The van der Waals surface area contributed by atoms with Gasteiger partial charge >= 0.3 is 5.97 Å². The Morgan fingerprint density at radius 1 is 1.08 bits per heavy atom. The number of hydrogen-bond acceptors (Lipinski definition) is 6. The highest BCUT2D eigenvalue weighted by Crippen LogP contribution is 2.29. The number of rotatable bonds is 5. The molecule has 3 aromatic rings.